The summed E-state index contributed by atoms with van der Waals surface area (Å²) in [7, 11) is 0. The number of imidazole rings is 1. The minimum Gasteiger partial charge on any atom is -0.462 e. The Kier molecular flexibility index (Phi) is 3.00. The van der Waals surface area contributed by atoms with Crippen LogP contribution >= 0.6 is 0 Å². The molecule has 1 aromatic heterocycles. The Hall–Kier alpha value is -2.10. The summed E-state index contributed by atoms with van der Waals surface area (Å²) >= 11 is 0. The molecule has 0 bridgehead atoms. The van der Waals surface area contributed by atoms with E-state index in [4.69, 9.17) is 4.74 Å². The molecule has 4 heteroatoms. The lowest BCUT2D eigenvalue weighted by atomic mass is 10.2. The molecule has 0 saturated carbocycles. The fraction of sp³-hybridized carbons (Fsp3) is 0.167. The average molecular weight is 216 g/mol. The third-order valence-corrected chi connectivity index (χ3v) is 2.16. The third-order valence-electron chi connectivity index (χ3n) is 2.16. The number of nitrogens with zero attached hydrogens (tertiary/aromatic N) is 2. The first kappa shape index (κ1) is 10.4. The van der Waals surface area contributed by atoms with E-state index in [1.54, 1.807) is 31.6 Å². The number of esters is 1. The summed E-state index contributed by atoms with van der Waals surface area (Å²) in [6.45, 7) is 2.17. The van der Waals surface area contributed by atoms with Crippen LogP contribution in [0.25, 0.3) is 5.69 Å². The van der Waals surface area contributed by atoms with Crippen molar-refractivity contribution < 1.29 is 9.53 Å². The molecule has 0 amide bonds. The summed E-state index contributed by atoms with van der Waals surface area (Å²) in [5.41, 5.74) is 1.44. The fourth-order valence-electron chi connectivity index (χ4n) is 1.42. The van der Waals surface area contributed by atoms with E-state index in [9.17, 15) is 4.79 Å². The molecule has 82 valence electrons. The highest BCUT2D eigenvalue weighted by atomic mass is 16.5. The van der Waals surface area contributed by atoms with Gasteiger partial charge in [-0.15, -0.1) is 0 Å². The van der Waals surface area contributed by atoms with Gasteiger partial charge in [0.25, 0.3) is 0 Å². The lowest BCUT2D eigenvalue weighted by Gasteiger charge is -2.05. The van der Waals surface area contributed by atoms with Crippen molar-refractivity contribution in [2.45, 2.75) is 6.92 Å². The monoisotopic (exact) mass is 216 g/mol. The second-order valence-electron chi connectivity index (χ2n) is 3.24. The first-order valence-electron chi connectivity index (χ1n) is 5.07. The minimum atomic E-state index is -0.301. The molecular weight excluding hydrogens is 204 g/mol. The first-order chi connectivity index (χ1) is 7.81. The van der Waals surface area contributed by atoms with Crippen LogP contribution in [0.1, 0.15) is 17.3 Å². The number of hydrogen-bond donors (Lipinski definition) is 0. The van der Waals surface area contributed by atoms with Crippen molar-refractivity contribution in [3.63, 3.8) is 0 Å². The minimum absolute atomic E-state index is 0.301. The Morgan fingerprint density at radius 2 is 2.38 bits per heavy atom. The molecule has 0 radical (unpaired) electrons. The van der Waals surface area contributed by atoms with Crippen molar-refractivity contribution in [3.05, 3.63) is 48.5 Å². The lowest BCUT2D eigenvalue weighted by molar-refractivity contribution is 0.0526. The molecule has 0 fully saturated rings. The lowest BCUT2D eigenvalue weighted by Crippen LogP contribution is -2.05. The Morgan fingerprint density at radius 1 is 1.50 bits per heavy atom. The normalized spacial score (nSPS) is 10.1. The highest BCUT2D eigenvalue weighted by Gasteiger charge is 2.06. The molecule has 0 saturated heterocycles. The number of rotatable bonds is 3. The number of carbonyl (C=O) groups excluding carboxylic acids is 1. The molecule has 1 aromatic carbocycles. The average Bonchev–Trinajstić information content (AvgIpc) is 2.83. The molecule has 2 aromatic rings. The highest BCUT2D eigenvalue weighted by Crippen LogP contribution is 2.11. The van der Waals surface area contributed by atoms with Gasteiger partial charge in [0.05, 0.1) is 18.5 Å². The third kappa shape index (κ3) is 2.11. The van der Waals surface area contributed by atoms with Crippen LogP contribution in [0, 0.1) is 0 Å². The summed E-state index contributed by atoms with van der Waals surface area (Å²) in [5.74, 6) is -0.301. The fourth-order valence-corrected chi connectivity index (χ4v) is 1.42. The first-order valence-corrected chi connectivity index (χ1v) is 5.07. The largest absolute Gasteiger partial charge is 0.462 e. The zero-order chi connectivity index (χ0) is 11.4. The van der Waals surface area contributed by atoms with Crippen molar-refractivity contribution in [2.75, 3.05) is 6.61 Å². The predicted octanol–water partition coefficient (Wildman–Crippen LogP) is 2.05. The quantitative estimate of drug-likeness (QED) is 0.737. The van der Waals surface area contributed by atoms with E-state index in [0.29, 0.717) is 12.2 Å². The van der Waals surface area contributed by atoms with Gasteiger partial charge in [0, 0.05) is 18.1 Å². The Balaban J connectivity index is 2.30. The zero-order valence-electron chi connectivity index (χ0n) is 8.96. The topological polar surface area (TPSA) is 44.1 Å². The second kappa shape index (κ2) is 4.61. The molecule has 0 aliphatic rings. The molecule has 16 heavy (non-hydrogen) atoms. The molecule has 0 unspecified atom stereocenters. The van der Waals surface area contributed by atoms with Gasteiger partial charge < -0.3 is 9.30 Å². The number of carbonyl (C=O) groups is 1. The summed E-state index contributed by atoms with van der Waals surface area (Å²) in [6, 6.07) is 7.24. The van der Waals surface area contributed by atoms with Gasteiger partial charge in [-0.2, -0.15) is 0 Å². The maximum absolute atomic E-state index is 11.5. The maximum Gasteiger partial charge on any atom is 0.338 e. The summed E-state index contributed by atoms with van der Waals surface area (Å²) in [4.78, 5) is 15.5. The van der Waals surface area contributed by atoms with Crippen LogP contribution in [0.3, 0.4) is 0 Å². The Morgan fingerprint density at radius 3 is 3.06 bits per heavy atom. The molecule has 1 heterocycles. The van der Waals surface area contributed by atoms with Crippen LogP contribution in [0.15, 0.2) is 43.0 Å². The van der Waals surface area contributed by atoms with Gasteiger partial charge in [-0.05, 0) is 25.1 Å². The number of hydrogen-bond acceptors (Lipinski definition) is 3. The Labute approximate surface area is 93.5 Å². The van der Waals surface area contributed by atoms with Crippen molar-refractivity contribution in [1.82, 2.24) is 9.55 Å². The van der Waals surface area contributed by atoms with E-state index in [1.165, 1.54) is 0 Å². The van der Waals surface area contributed by atoms with E-state index >= 15 is 0 Å². The van der Waals surface area contributed by atoms with Crippen molar-refractivity contribution in [3.8, 4) is 5.69 Å². The van der Waals surface area contributed by atoms with E-state index in [1.807, 2.05) is 22.9 Å². The molecule has 0 aliphatic heterocycles. The summed E-state index contributed by atoms with van der Waals surface area (Å²) < 4.78 is 6.77. The number of benzene rings is 1. The van der Waals surface area contributed by atoms with Gasteiger partial charge in [0.1, 0.15) is 0 Å². The second-order valence-corrected chi connectivity index (χ2v) is 3.24. The molecular formula is C12H12N2O2. The van der Waals surface area contributed by atoms with Gasteiger partial charge in [-0.25, -0.2) is 9.78 Å². The van der Waals surface area contributed by atoms with Crippen molar-refractivity contribution in [2.24, 2.45) is 0 Å². The number of ether oxygens (including phenoxy) is 1. The molecule has 0 aliphatic carbocycles. The van der Waals surface area contributed by atoms with E-state index in [0.717, 1.165) is 5.69 Å². The molecule has 2 rings (SSSR count). The van der Waals surface area contributed by atoms with Crippen molar-refractivity contribution in [1.29, 1.82) is 0 Å². The summed E-state index contributed by atoms with van der Waals surface area (Å²) in [6.07, 6.45) is 5.20. The van der Waals surface area contributed by atoms with Crippen LogP contribution in [0.2, 0.25) is 0 Å². The molecule has 0 N–H and O–H groups in total. The molecule has 0 spiro atoms. The Bertz CT molecular complexity index is 478. The van der Waals surface area contributed by atoms with Gasteiger partial charge in [-0.1, -0.05) is 6.07 Å². The maximum atomic E-state index is 11.5. The van der Waals surface area contributed by atoms with Crippen LogP contribution in [0.4, 0.5) is 0 Å². The summed E-state index contributed by atoms with van der Waals surface area (Å²) in [5, 5.41) is 0. The van der Waals surface area contributed by atoms with Crippen LogP contribution in [-0.2, 0) is 4.74 Å². The smallest absolute Gasteiger partial charge is 0.338 e. The van der Waals surface area contributed by atoms with Crippen LogP contribution in [-0.4, -0.2) is 22.1 Å². The highest BCUT2D eigenvalue weighted by molar-refractivity contribution is 5.90. The van der Waals surface area contributed by atoms with Crippen molar-refractivity contribution >= 4 is 5.97 Å². The standard InChI is InChI=1S/C12H12N2O2/c1-2-16-12(15)10-4-3-5-11(8-10)14-7-6-13-9-14/h3-9H,2H2,1H3. The number of aromatic nitrogens is 2. The molecule has 4 nitrogen and oxygen atoms in total. The van der Waals surface area contributed by atoms with Gasteiger partial charge in [-0.3, -0.25) is 0 Å². The molecule has 0 atom stereocenters. The van der Waals surface area contributed by atoms with E-state index in [2.05, 4.69) is 4.98 Å². The van der Waals surface area contributed by atoms with E-state index < -0.39 is 0 Å². The van der Waals surface area contributed by atoms with E-state index in [-0.39, 0.29) is 5.97 Å². The van der Waals surface area contributed by atoms with Crippen LogP contribution < -0.4 is 0 Å². The van der Waals surface area contributed by atoms with Crippen LogP contribution in [0.5, 0.6) is 0 Å². The van der Waals surface area contributed by atoms with Gasteiger partial charge in [0.15, 0.2) is 0 Å². The SMILES string of the molecule is CCOC(=O)c1cccc(-n2ccnc2)c1. The van der Waals surface area contributed by atoms with Gasteiger partial charge >= 0.3 is 5.97 Å². The zero-order valence-corrected chi connectivity index (χ0v) is 8.96. The predicted molar refractivity (Wildman–Crippen MR) is 59.5 cm³/mol. The van der Waals surface area contributed by atoms with Gasteiger partial charge in [0.2, 0.25) is 0 Å².